The molecule has 1 unspecified atom stereocenters. The first-order valence-electron chi connectivity index (χ1n) is 9.72. The van der Waals surface area contributed by atoms with Crippen LogP contribution in [0, 0.1) is 6.92 Å². The topological polar surface area (TPSA) is 53.6 Å². The van der Waals surface area contributed by atoms with Crippen molar-refractivity contribution in [2.45, 2.75) is 25.8 Å². The fourth-order valence-electron chi connectivity index (χ4n) is 3.41. The van der Waals surface area contributed by atoms with Gasteiger partial charge in [-0.05, 0) is 50.6 Å². The fourth-order valence-corrected chi connectivity index (χ4v) is 3.41. The number of carbonyl (C=O) groups excluding carboxylic acids is 1. The molecule has 5 nitrogen and oxygen atoms in total. The lowest BCUT2D eigenvalue weighted by Gasteiger charge is -2.28. The van der Waals surface area contributed by atoms with E-state index in [2.05, 4.69) is 39.8 Å². The first kappa shape index (κ1) is 19.2. The number of nitrogens with zero attached hydrogens (tertiary/aromatic N) is 1. The average Bonchev–Trinajstić information content (AvgIpc) is 3.22. The molecule has 2 N–H and O–H groups in total. The number of rotatable bonds is 8. The van der Waals surface area contributed by atoms with Crippen LogP contribution in [-0.4, -0.2) is 43.7 Å². The molecule has 5 heteroatoms. The first-order valence-corrected chi connectivity index (χ1v) is 9.72. The van der Waals surface area contributed by atoms with E-state index in [1.54, 1.807) is 0 Å². The van der Waals surface area contributed by atoms with Crippen LogP contribution in [0.4, 0.5) is 4.79 Å². The lowest BCUT2D eigenvalue weighted by Crippen LogP contribution is -2.42. The molecule has 1 aliphatic heterocycles. The Morgan fingerprint density at radius 2 is 1.74 bits per heavy atom. The number of hydrogen-bond acceptors (Lipinski definition) is 3. The summed E-state index contributed by atoms with van der Waals surface area (Å²) in [6.45, 7) is 5.75. The maximum Gasteiger partial charge on any atom is 0.314 e. The van der Waals surface area contributed by atoms with Gasteiger partial charge in [-0.2, -0.15) is 0 Å². The van der Waals surface area contributed by atoms with Crippen LogP contribution in [0.1, 0.15) is 30.0 Å². The molecule has 0 spiro atoms. The van der Waals surface area contributed by atoms with Crippen LogP contribution >= 0.6 is 0 Å². The molecule has 0 radical (unpaired) electrons. The summed E-state index contributed by atoms with van der Waals surface area (Å²) in [4.78, 5) is 14.6. The number of urea groups is 1. The van der Waals surface area contributed by atoms with E-state index in [9.17, 15) is 4.79 Å². The molecule has 3 rings (SSSR count). The van der Waals surface area contributed by atoms with Crippen molar-refractivity contribution < 1.29 is 9.53 Å². The van der Waals surface area contributed by atoms with Crippen LogP contribution < -0.4 is 15.4 Å². The Labute approximate surface area is 161 Å². The number of hydrogen-bond donors (Lipinski definition) is 2. The third kappa shape index (κ3) is 6.00. The molecule has 1 aliphatic rings. The minimum atomic E-state index is -0.150. The number of nitrogens with one attached hydrogen (secondary N) is 2. The summed E-state index contributed by atoms with van der Waals surface area (Å²) in [5.74, 6) is 0.820. The Bertz CT molecular complexity index is 697. The van der Waals surface area contributed by atoms with Crippen LogP contribution in [0.3, 0.4) is 0 Å². The third-order valence-electron chi connectivity index (χ3n) is 4.90. The predicted molar refractivity (Wildman–Crippen MR) is 108 cm³/mol. The molecule has 2 aromatic rings. The average molecular weight is 367 g/mol. The zero-order valence-corrected chi connectivity index (χ0v) is 16.0. The van der Waals surface area contributed by atoms with Gasteiger partial charge >= 0.3 is 6.03 Å². The molecule has 144 valence electrons. The second-order valence-electron chi connectivity index (χ2n) is 6.97. The highest BCUT2D eigenvalue weighted by molar-refractivity contribution is 5.73. The summed E-state index contributed by atoms with van der Waals surface area (Å²) >= 11 is 0. The zero-order valence-electron chi connectivity index (χ0n) is 16.0. The largest absolute Gasteiger partial charge is 0.492 e. The van der Waals surface area contributed by atoms with Crippen LogP contribution in [0.25, 0.3) is 0 Å². The van der Waals surface area contributed by atoms with E-state index >= 15 is 0 Å². The van der Waals surface area contributed by atoms with E-state index in [1.165, 1.54) is 24.0 Å². The number of ether oxygens (including phenoxy) is 1. The van der Waals surface area contributed by atoms with E-state index in [0.29, 0.717) is 19.7 Å². The van der Waals surface area contributed by atoms with Gasteiger partial charge < -0.3 is 15.4 Å². The summed E-state index contributed by atoms with van der Waals surface area (Å²) in [6.07, 6.45) is 2.46. The number of benzene rings is 2. The first-order chi connectivity index (χ1) is 13.2. The van der Waals surface area contributed by atoms with E-state index in [-0.39, 0.29) is 12.1 Å². The molecular formula is C22H29N3O2. The zero-order chi connectivity index (χ0) is 18.9. The summed E-state index contributed by atoms with van der Waals surface area (Å²) in [5.41, 5.74) is 2.45. The highest BCUT2D eigenvalue weighted by atomic mass is 16.5. The molecule has 0 aromatic heterocycles. The second-order valence-corrected chi connectivity index (χ2v) is 6.97. The van der Waals surface area contributed by atoms with Gasteiger partial charge in [0.2, 0.25) is 0 Å². The van der Waals surface area contributed by atoms with E-state index in [0.717, 1.165) is 18.8 Å². The smallest absolute Gasteiger partial charge is 0.314 e. The minimum Gasteiger partial charge on any atom is -0.492 e. The molecule has 1 atom stereocenters. The number of carbonyl (C=O) groups is 1. The van der Waals surface area contributed by atoms with Crippen LogP contribution in [-0.2, 0) is 0 Å². The standard InChI is InChI=1S/C22H29N3O2/c1-18-9-11-20(12-10-18)27-16-13-23-22(26)24-17-21(25-14-5-6-15-25)19-7-3-2-4-8-19/h2-4,7-12,21H,5-6,13-17H2,1H3,(H2,23,24,26). The van der Waals surface area contributed by atoms with Gasteiger partial charge in [0.1, 0.15) is 12.4 Å². The molecular weight excluding hydrogens is 338 g/mol. The summed E-state index contributed by atoms with van der Waals surface area (Å²) in [5, 5.41) is 5.89. The molecule has 0 saturated carbocycles. The van der Waals surface area contributed by atoms with Crippen LogP contribution in [0.5, 0.6) is 5.75 Å². The van der Waals surface area contributed by atoms with Gasteiger partial charge in [0.15, 0.2) is 0 Å². The van der Waals surface area contributed by atoms with Gasteiger partial charge in [0, 0.05) is 6.54 Å². The van der Waals surface area contributed by atoms with Crippen molar-refractivity contribution in [2.75, 3.05) is 32.8 Å². The van der Waals surface area contributed by atoms with Gasteiger partial charge in [0.05, 0.1) is 12.6 Å². The third-order valence-corrected chi connectivity index (χ3v) is 4.90. The summed E-state index contributed by atoms with van der Waals surface area (Å²) in [7, 11) is 0. The number of aryl methyl sites for hydroxylation is 1. The number of likely N-dealkylation sites (tertiary alicyclic amines) is 1. The maximum atomic E-state index is 12.2. The molecule has 1 heterocycles. The van der Waals surface area contributed by atoms with Gasteiger partial charge in [0.25, 0.3) is 0 Å². The highest BCUT2D eigenvalue weighted by Crippen LogP contribution is 2.24. The predicted octanol–water partition coefficient (Wildman–Crippen LogP) is 3.51. The number of amides is 2. The van der Waals surface area contributed by atoms with Crippen molar-refractivity contribution in [3.05, 3.63) is 65.7 Å². The Morgan fingerprint density at radius 3 is 2.44 bits per heavy atom. The minimum absolute atomic E-state index is 0.150. The normalized spacial score (nSPS) is 15.3. The fraction of sp³-hybridized carbons (Fsp3) is 0.409. The lowest BCUT2D eigenvalue weighted by molar-refractivity contribution is 0.218. The Hall–Kier alpha value is -2.53. The van der Waals surface area contributed by atoms with Crippen molar-refractivity contribution in [1.29, 1.82) is 0 Å². The Balaban J connectivity index is 1.41. The molecule has 2 aromatic carbocycles. The SMILES string of the molecule is Cc1ccc(OCCNC(=O)NCC(c2ccccc2)N2CCCC2)cc1. The lowest BCUT2D eigenvalue weighted by atomic mass is 10.1. The van der Waals surface area contributed by atoms with Gasteiger partial charge in [-0.15, -0.1) is 0 Å². The van der Waals surface area contributed by atoms with Crippen LogP contribution in [0.15, 0.2) is 54.6 Å². The molecule has 0 bridgehead atoms. The van der Waals surface area contributed by atoms with Crippen LogP contribution in [0.2, 0.25) is 0 Å². The van der Waals surface area contributed by atoms with E-state index in [4.69, 9.17) is 4.74 Å². The molecule has 0 aliphatic carbocycles. The van der Waals surface area contributed by atoms with Crippen molar-refractivity contribution in [3.63, 3.8) is 0 Å². The Kier molecular flexibility index (Phi) is 7.11. The van der Waals surface area contributed by atoms with Gasteiger partial charge in [-0.3, -0.25) is 4.90 Å². The second kappa shape index (κ2) is 9.97. The van der Waals surface area contributed by atoms with Gasteiger partial charge in [-0.1, -0.05) is 48.0 Å². The molecule has 1 fully saturated rings. The van der Waals surface area contributed by atoms with Crippen molar-refractivity contribution >= 4 is 6.03 Å². The maximum absolute atomic E-state index is 12.2. The summed E-state index contributed by atoms with van der Waals surface area (Å²) in [6, 6.07) is 18.4. The monoisotopic (exact) mass is 367 g/mol. The molecule has 27 heavy (non-hydrogen) atoms. The quantitative estimate of drug-likeness (QED) is 0.702. The molecule has 2 amide bonds. The highest BCUT2D eigenvalue weighted by Gasteiger charge is 2.23. The van der Waals surface area contributed by atoms with Crippen molar-refractivity contribution in [2.24, 2.45) is 0 Å². The van der Waals surface area contributed by atoms with Gasteiger partial charge in [-0.25, -0.2) is 4.79 Å². The van der Waals surface area contributed by atoms with Crippen molar-refractivity contribution in [1.82, 2.24) is 15.5 Å². The summed E-state index contributed by atoms with van der Waals surface area (Å²) < 4.78 is 5.64. The molecule has 1 saturated heterocycles. The van der Waals surface area contributed by atoms with E-state index < -0.39 is 0 Å². The van der Waals surface area contributed by atoms with E-state index in [1.807, 2.05) is 37.3 Å². The van der Waals surface area contributed by atoms with Crippen molar-refractivity contribution in [3.8, 4) is 5.75 Å². The Morgan fingerprint density at radius 1 is 1.04 bits per heavy atom.